The molecule has 19 heavy (non-hydrogen) atoms. The largest absolute Gasteiger partial charge is 0.368 e. The Morgan fingerprint density at radius 2 is 2.05 bits per heavy atom. The number of aromatic nitrogens is 5. The molecular weight excluding hydrogens is 260 g/mol. The van der Waals surface area contributed by atoms with Crippen molar-refractivity contribution in [2.45, 2.75) is 4.90 Å². The van der Waals surface area contributed by atoms with E-state index < -0.39 is 0 Å². The third-order valence-corrected chi connectivity index (χ3v) is 3.54. The summed E-state index contributed by atoms with van der Waals surface area (Å²) in [7, 11) is 0. The van der Waals surface area contributed by atoms with Gasteiger partial charge in [0.1, 0.15) is 5.82 Å². The van der Waals surface area contributed by atoms with Gasteiger partial charge in [0.05, 0.1) is 12.4 Å². The lowest BCUT2D eigenvalue weighted by atomic mass is 10.4. The summed E-state index contributed by atoms with van der Waals surface area (Å²) in [6.45, 7) is 0.820. The van der Waals surface area contributed by atoms with Gasteiger partial charge >= 0.3 is 0 Å². The molecule has 2 aromatic heterocycles. The van der Waals surface area contributed by atoms with Crippen molar-refractivity contribution in [3.05, 3.63) is 42.7 Å². The van der Waals surface area contributed by atoms with E-state index in [0.717, 1.165) is 18.1 Å². The Morgan fingerprint density at radius 1 is 1.16 bits per heavy atom. The fourth-order valence-corrected chi connectivity index (χ4v) is 2.45. The maximum Gasteiger partial charge on any atom is 0.199 e. The van der Waals surface area contributed by atoms with Crippen molar-refractivity contribution >= 4 is 23.2 Å². The molecule has 7 heteroatoms. The normalized spacial score (nSPS) is 10.7. The van der Waals surface area contributed by atoms with E-state index in [0.29, 0.717) is 5.65 Å². The van der Waals surface area contributed by atoms with Gasteiger partial charge in [-0.3, -0.25) is 4.98 Å². The van der Waals surface area contributed by atoms with Crippen LogP contribution in [0, 0.1) is 0 Å². The van der Waals surface area contributed by atoms with Crippen molar-refractivity contribution in [2.24, 2.45) is 0 Å². The number of nitrogens with one attached hydrogen (secondary N) is 1. The van der Waals surface area contributed by atoms with Crippen molar-refractivity contribution in [3.63, 3.8) is 0 Å². The van der Waals surface area contributed by atoms with Gasteiger partial charge in [0.15, 0.2) is 5.65 Å². The molecule has 0 aliphatic carbocycles. The SMILES string of the molecule is c1ccc(SCCNc2cncc3nnnn23)cc1. The highest BCUT2D eigenvalue weighted by Crippen LogP contribution is 2.16. The van der Waals surface area contributed by atoms with Crippen LogP contribution in [0.1, 0.15) is 0 Å². The van der Waals surface area contributed by atoms with Crippen LogP contribution in [0.5, 0.6) is 0 Å². The van der Waals surface area contributed by atoms with Crippen molar-refractivity contribution in [2.75, 3.05) is 17.6 Å². The molecule has 96 valence electrons. The van der Waals surface area contributed by atoms with Gasteiger partial charge in [-0.1, -0.05) is 18.2 Å². The number of hydrogen-bond donors (Lipinski definition) is 1. The molecule has 0 saturated heterocycles. The third-order valence-electron chi connectivity index (χ3n) is 2.53. The zero-order valence-corrected chi connectivity index (χ0v) is 10.9. The summed E-state index contributed by atoms with van der Waals surface area (Å²) < 4.78 is 1.64. The highest BCUT2D eigenvalue weighted by molar-refractivity contribution is 7.99. The van der Waals surface area contributed by atoms with Crippen LogP contribution in [0.15, 0.2) is 47.6 Å². The molecular formula is C12H12N6S. The van der Waals surface area contributed by atoms with E-state index in [9.17, 15) is 0 Å². The van der Waals surface area contributed by atoms with Gasteiger partial charge in [0.2, 0.25) is 0 Å². The monoisotopic (exact) mass is 272 g/mol. The molecule has 0 aliphatic heterocycles. The summed E-state index contributed by atoms with van der Waals surface area (Å²) in [4.78, 5) is 5.36. The topological polar surface area (TPSA) is 68.0 Å². The number of rotatable bonds is 5. The minimum atomic E-state index is 0.640. The first kappa shape index (κ1) is 11.9. The minimum Gasteiger partial charge on any atom is -0.368 e. The molecule has 1 N–H and O–H groups in total. The summed E-state index contributed by atoms with van der Waals surface area (Å²) >= 11 is 1.80. The summed E-state index contributed by atoms with van der Waals surface area (Å²) in [5, 5.41) is 14.6. The summed E-state index contributed by atoms with van der Waals surface area (Å²) in [6.07, 6.45) is 3.35. The van der Waals surface area contributed by atoms with E-state index in [1.165, 1.54) is 4.90 Å². The predicted octanol–water partition coefficient (Wildman–Crippen LogP) is 1.72. The van der Waals surface area contributed by atoms with E-state index in [-0.39, 0.29) is 0 Å². The zero-order chi connectivity index (χ0) is 12.9. The van der Waals surface area contributed by atoms with Gasteiger partial charge in [-0.25, -0.2) is 0 Å². The molecule has 2 heterocycles. The van der Waals surface area contributed by atoms with Crippen LogP contribution in [0.3, 0.4) is 0 Å². The average molecular weight is 272 g/mol. The lowest BCUT2D eigenvalue weighted by Crippen LogP contribution is -2.09. The van der Waals surface area contributed by atoms with Gasteiger partial charge in [-0.2, -0.15) is 4.52 Å². The van der Waals surface area contributed by atoms with Crippen LogP contribution >= 0.6 is 11.8 Å². The van der Waals surface area contributed by atoms with E-state index >= 15 is 0 Å². The van der Waals surface area contributed by atoms with Gasteiger partial charge in [-0.05, 0) is 22.6 Å². The number of thioether (sulfide) groups is 1. The summed E-state index contributed by atoms with van der Waals surface area (Å²) in [6, 6.07) is 10.3. The lowest BCUT2D eigenvalue weighted by Gasteiger charge is -2.06. The van der Waals surface area contributed by atoms with Crippen LogP contribution < -0.4 is 5.32 Å². The van der Waals surface area contributed by atoms with Crippen LogP contribution in [0.4, 0.5) is 5.82 Å². The number of hydrogen-bond acceptors (Lipinski definition) is 6. The minimum absolute atomic E-state index is 0.640. The van der Waals surface area contributed by atoms with Crippen molar-refractivity contribution in [1.82, 2.24) is 25.0 Å². The van der Waals surface area contributed by atoms with Crippen molar-refractivity contribution in [3.8, 4) is 0 Å². The highest BCUT2D eigenvalue weighted by atomic mass is 32.2. The molecule has 6 nitrogen and oxygen atoms in total. The van der Waals surface area contributed by atoms with Crippen LogP contribution in [0.25, 0.3) is 5.65 Å². The molecule has 0 bridgehead atoms. The molecule has 0 spiro atoms. The number of anilines is 1. The molecule has 3 rings (SSSR count). The van der Waals surface area contributed by atoms with E-state index in [4.69, 9.17) is 0 Å². The first-order valence-electron chi connectivity index (χ1n) is 5.87. The fourth-order valence-electron chi connectivity index (χ4n) is 1.66. The molecule has 1 aromatic carbocycles. The molecule has 0 saturated carbocycles. The maximum absolute atomic E-state index is 4.09. The highest BCUT2D eigenvalue weighted by Gasteiger charge is 2.02. The Labute approximate surface area is 114 Å². The Balaban J connectivity index is 1.57. The van der Waals surface area contributed by atoms with Gasteiger partial charge in [-0.15, -0.1) is 16.9 Å². The van der Waals surface area contributed by atoms with E-state index in [2.05, 4.69) is 38.0 Å². The lowest BCUT2D eigenvalue weighted by molar-refractivity contribution is 0.821. The number of benzene rings is 1. The number of tetrazole rings is 1. The molecule has 0 amide bonds. The molecule has 3 aromatic rings. The Morgan fingerprint density at radius 3 is 2.95 bits per heavy atom. The Kier molecular flexibility index (Phi) is 3.55. The van der Waals surface area contributed by atoms with Gasteiger partial charge in [0.25, 0.3) is 0 Å². The van der Waals surface area contributed by atoms with Crippen LogP contribution in [-0.2, 0) is 0 Å². The second-order valence-corrected chi connectivity index (χ2v) is 5.00. The first-order valence-corrected chi connectivity index (χ1v) is 6.86. The first-order chi connectivity index (χ1) is 9.43. The van der Waals surface area contributed by atoms with Crippen LogP contribution in [0.2, 0.25) is 0 Å². The molecule has 0 fully saturated rings. The third kappa shape index (κ3) is 2.82. The molecule has 0 atom stereocenters. The zero-order valence-electron chi connectivity index (χ0n) is 10.1. The Bertz CT molecular complexity index is 653. The fraction of sp³-hybridized carbons (Fsp3) is 0.167. The van der Waals surface area contributed by atoms with Crippen molar-refractivity contribution < 1.29 is 0 Å². The smallest absolute Gasteiger partial charge is 0.199 e. The van der Waals surface area contributed by atoms with Crippen molar-refractivity contribution in [1.29, 1.82) is 0 Å². The van der Waals surface area contributed by atoms with Gasteiger partial charge in [0, 0.05) is 17.2 Å². The maximum atomic E-state index is 4.09. The molecule has 0 aliphatic rings. The Hall–Kier alpha value is -2.15. The molecule has 0 unspecified atom stereocenters. The van der Waals surface area contributed by atoms with Crippen LogP contribution in [-0.4, -0.2) is 37.3 Å². The second kappa shape index (κ2) is 5.66. The summed E-state index contributed by atoms with van der Waals surface area (Å²) in [5.41, 5.74) is 0.640. The summed E-state index contributed by atoms with van der Waals surface area (Å²) in [5.74, 6) is 1.76. The predicted molar refractivity (Wildman–Crippen MR) is 74.2 cm³/mol. The average Bonchev–Trinajstić information content (AvgIpc) is 2.94. The quantitative estimate of drug-likeness (QED) is 0.563. The standard InChI is InChI=1S/C12H12N6S/c1-2-4-10(5-3-1)19-7-6-14-11-8-13-9-12-15-16-17-18(11)12/h1-5,8-9,14H,6-7H2. The second-order valence-electron chi connectivity index (χ2n) is 3.83. The number of fused-ring (bicyclic) bond motifs is 1. The van der Waals surface area contributed by atoms with Gasteiger partial charge < -0.3 is 5.32 Å². The molecule has 0 radical (unpaired) electrons. The van der Waals surface area contributed by atoms with E-state index in [1.807, 2.05) is 18.2 Å². The van der Waals surface area contributed by atoms with E-state index in [1.54, 1.807) is 28.7 Å². The number of nitrogens with zero attached hydrogens (tertiary/aromatic N) is 5.